The molecule has 0 radical (unpaired) electrons. The van der Waals surface area contributed by atoms with E-state index in [4.69, 9.17) is 9.84 Å². The number of aliphatic hydroxyl groups excluding tert-OH is 1. The molecule has 18 heavy (non-hydrogen) atoms. The molecule has 1 atom stereocenters. The van der Waals surface area contributed by atoms with Crippen LogP contribution in [-0.4, -0.2) is 37.2 Å². The third kappa shape index (κ3) is 3.18. The molecule has 1 aliphatic carbocycles. The van der Waals surface area contributed by atoms with Crippen LogP contribution in [0.5, 0.6) is 0 Å². The zero-order valence-corrected chi connectivity index (χ0v) is 10.9. The maximum absolute atomic E-state index is 8.63. The molecule has 1 N–H and O–H groups in total. The van der Waals surface area contributed by atoms with Crippen LogP contribution in [-0.2, 0) is 11.2 Å². The molecule has 0 aliphatic heterocycles. The third-order valence-corrected chi connectivity index (χ3v) is 3.36. The maximum atomic E-state index is 8.63. The lowest BCUT2D eigenvalue weighted by Gasteiger charge is -2.23. The molecule has 0 amide bonds. The van der Waals surface area contributed by atoms with E-state index < -0.39 is 0 Å². The van der Waals surface area contributed by atoms with Crippen LogP contribution in [0, 0.1) is 5.92 Å². The number of aliphatic hydroxyl groups is 1. The van der Waals surface area contributed by atoms with E-state index in [2.05, 4.69) is 36.2 Å². The molecule has 0 bridgehead atoms. The predicted octanol–water partition coefficient (Wildman–Crippen LogP) is 2.07. The number of hydrogen-bond donors (Lipinski definition) is 1. The van der Waals surface area contributed by atoms with Gasteiger partial charge in [0.1, 0.15) is 0 Å². The number of rotatable bonds is 5. The van der Waals surface area contributed by atoms with Crippen molar-refractivity contribution in [2.45, 2.75) is 19.8 Å². The zero-order valence-electron chi connectivity index (χ0n) is 10.9. The Morgan fingerprint density at radius 2 is 2.17 bits per heavy atom. The minimum Gasteiger partial charge on any atom is -0.394 e. The van der Waals surface area contributed by atoms with Crippen molar-refractivity contribution in [3.63, 3.8) is 0 Å². The summed E-state index contributed by atoms with van der Waals surface area (Å²) in [5, 5.41) is 8.63. The second-order valence-electron chi connectivity index (χ2n) is 4.70. The topological polar surface area (TPSA) is 41.8 Å². The molecule has 98 valence electrons. The minimum absolute atomic E-state index is 0.0792. The average Bonchev–Trinajstić information content (AvgIpc) is 2.41. The van der Waals surface area contributed by atoms with Crippen LogP contribution in [0.4, 0.5) is 0 Å². The maximum Gasteiger partial charge on any atom is 0.0698 e. The first kappa shape index (κ1) is 13.2. The van der Waals surface area contributed by atoms with E-state index in [0.717, 1.165) is 6.42 Å². The van der Waals surface area contributed by atoms with Gasteiger partial charge < -0.3 is 9.84 Å². The fraction of sp³-hybridized carbons (Fsp3) is 0.533. The Balaban J connectivity index is 2.04. The second-order valence-corrected chi connectivity index (χ2v) is 4.70. The molecule has 1 aliphatic rings. The molecule has 1 aromatic rings. The normalized spacial score (nSPS) is 21.0. The van der Waals surface area contributed by atoms with Gasteiger partial charge in [-0.25, -0.2) is 0 Å². The summed E-state index contributed by atoms with van der Waals surface area (Å²) in [6.07, 6.45) is 2.32. The Morgan fingerprint density at radius 3 is 3.00 bits per heavy atom. The van der Waals surface area contributed by atoms with Crippen molar-refractivity contribution in [1.29, 1.82) is 0 Å². The van der Waals surface area contributed by atoms with Crippen molar-refractivity contribution in [2.75, 3.05) is 26.4 Å². The van der Waals surface area contributed by atoms with Gasteiger partial charge in [0.05, 0.1) is 26.4 Å². The summed E-state index contributed by atoms with van der Waals surface area (Å²) in [6, 6.07) is 8.53. The van der Waals surface area contributed by atoms with Gasteiger partial charge in [-0.2, -0.15) is 0 Å². The van der Waals surface area contributed by atoms with Gasteiger partial charge in [0.2, 0.25) is 0 Å². The van der Waals surface area contributed by atoms with E-state index in [-0.39, 0.29) is 6.61 Å². The van der Waals surface area contributed by atoms with Crippen molar-refractivity contribution in [3.8, 4) is 0 Å². The van der Waals surface area contributed by atoms with Gasteiger partial charge in [0, 0.05) is 5.71 Å². The Hall–Kier alpha value is -1.19. The van der Waals surface area contributed by atoms with Gasteiger partial charge in [-0.3, -0.25) is 4.99 Å². The van der Waals surface area contributed by atoms with Crippen LogP contribution in [0.15, 0.2) is 29.3 Å². The van der Waals surface area contributed by atoms with E-state index in [1.165, 1.54) is 23.3 Å². The van der Waals surface area contributed by atoms with Crippen LogP contribution in [0.3, 0.4) is 0 Å². The summed E-state index contributed by atoms with van der Waals surface area (Å²) < 4.78 is 5.24. The first-order valence-electron chi connectivity index (χ1n) is 6.64. The Bertz CT molecular complexity index is 415. The molecule has 0 saturated heterocycles. The highest BCUT2D eigenvalue weighted by Crippen LogP contribution is 2.25. The smallest absolute Gasteiger partial charge is 0.0698 e. The van der Waals surface area contributed by atoms with Gasteiger partial charge in [-0.05, 0) is 29.9 Å². The quantitative estimate of drug-likeness (QED) is 0.809. The van der Waals surface area contributed by atoms with Gasteiger partial charge >= 0.3 is 0 Å². The summed E-state index contributed by atoms with van der Waals surface area (Å²) in [6.45, 7) is 3.98. The molecule has 0 saturated carbocycles. The van der Waals surface area contributed by atoms with Crippen LogP contribution in [0.2, 0.25) is 0 Å². The van der Waals surface area contributed by atoms with E-state index in [1.807, 2.05) is 0 Å². The standard InChI is InChI=1S/C15H21NO2/c1-12-6-7-13-4-2-3-5-14(13)15(12)16-8-10-18-11-9-17/h2-5,12,17H,6-11H2,1H3. The fourth-order valence-electron chi connectivity index (χ4n) is 2.40. The van der Waals surface area contributed by atoms with Gasteiger partial charge in [-0.1, -0.05) is 31.2 Å². The molecule has 1 aromatic carbocycles. The lowest BCUT2D eigenvalue weighted by molar-refractivity contribution is 0.0977. The highest BCUT2D eigenvalue weighted by Gasteiger charge is 2.20. The predicted molar refractivity (Wildman–Crippen MR) is 73.2 cm³/mol. The van der Waals surface area contributed by atoms with E-state index >= 15 is 0 Å². The first-order chi connectivity index (χ1) is 8.83. The number of aliphatic imine (C=N–C) groups is 1. The number of benzene rings is 1. The lowest BCUT2D eigenvalue weighted by atomic mass is 9.83. The van der Waals surface area contributed by atoms with E-state index in [1.54, 1.807) is 0 Å². The van der Waals surface area contributed by atoms with E-state index in [9.17, 15) is 0 Å². The average molecular weight is 247 g/mol. The van der Waals surface area contributed by atoms with Crippen LogP contribution in [0.25, 0.3) is 0 Å². The van der Waals surface area contributed by atoms with Crippen molar-refractivity contribution in [1.82, 2.24) is 0 Å². The first-order valence-corrected chi connectivity index (χ1v) is 6.64. The van der Waals surface area contributed by atoms with Crippen molar-refractivity contribution >= 4 is 5.71 Å². The summed E-state index contributed by atoms with van der Waals surface area (Å²) in [5.41, 5.74) is 3.92. The minimum atomic E-state index is 0.0792. The Kier molecular flexibility index (Phi) is 4.90. The van der Waals surface area contributed by atoms with Crippen LogP contribution >= 0.6 is 0 Å². The molecular formula is C15H21NO2. The zero-order chi connectivity index (χ0) is 12.8. The van der Waals surface area contributed by atoms with Gasteiger partial charge in [0.15, 0.2) is 0 Å². The lowest BCUT2D eigenvalue weighted by Crippen LogP contribution is -2.22. The van der Waals surface area contributed by atoms with Crippen molar-refractivity contribution in [3.05, 3.63) is 35.4 Å². The Labute approximate surface area is 109 Å². The van der Waals surface area contributed by atoms with E-state index in [0.29, 0.717) is 25.7 Å². The molecule has 0 aromatic heterocycles. The SMILES string of the molecule is CC1CCc2ccccc2C1=NCCOCCO. The van der Waals surface area contributed by atoms with Crippen LogP contribution < -0.4 is 0 Å². The van der Waals surface area contributed by atoms with Gasteiger partial charge in [0.25, 0.3) is 0 Å². The number of hydrogen-bond acceptors (Lipinski definition) is 3. The molecule has 1 unspecified atom stereocenters. The largest absolute Gasteiger partial charge is 0.394 e. The molecule has 3 nitrogen and oxygen atoms in total. The van der Waals surface area contributed by atoms with Crippen LogP contribution in [0.1, 0.15) is 24.5 Å². The van der Waals surface area contributed by atoms with Crippen molar-refractivity contribution in [2.24, 2.45) is 10.9 Å². The molecule has 0 spiro atoms. The number of fused-ring (bicyclic) bond motifs is 1. The number of aryl methyl sites for hydroxylation is 1. The third-order valence-electron chi connectivity index (χ3n) is 3.36. The second kappa shape index (κ2) is 6.66. The highest BCUT2D eigenvalue weighted by atomic mass is 16.5. The highest BCUT2D eigenvalue weighted by molar-refractivity contribution is 6.04. The molecule has 0 heterocycles. The molecule has 3 heteroatoms. The van der Waals surface area contributed by atoms with Crippen molar-refractivity contribution < 1.29 is 9.84 Å². The number of nitrogens with zero attached hydrogens (tertiary/aromatic N) is 1. The molecule has 0 fully saturated rings. The summed E-state index contributed by atoms with van der Waals surface area (Å²) in [4.78, 5) is 4.69. The van der Waals surface area contributed by atoms with Gasteiger partial charge in [-0.15, -0.1) is 0 Å². The Morgan fingerprint density at radius 1 is 1.33 bits per heavy atom. The summed E-state index contributed by atoms with van der Waals surface area (Å²) >= 11 is 0. The summed E-state index contributed by atoms with van der Waals surface area (Å²) in [7, 11) is 0. The molecule has 2 rings (SSSR count). The fourth-order valence-corrected chi connectivity index (χ4v) is 2.40. The number of ether oxygens (including phenoxy) is 1. The molecular weight excluding hydrogens is 226 g/mol. The monoisotopic (exact) mass is 247 g/mol. The summed E-state index contributed by atoms with van der Waals surface area (Å²) in [5.74, 6) is 0.526.